The second-order valence-corrected chi connectivity index (χ2v) is 12.4. The van der Waals surface area contributed by atoms with Crippen LogP contribution in [0, 0.1) is 0 Å². The van der Waals surface area contributed by atoms with Gasteiger partial charge in [-0.2, -0.15) is 0 Å². The Morgan fingerprint density at radius 2 is 1.72 bits per heavy atom. The average Bonchev–Trinajstić information content (AvgIpc) is 3.44. The molecule has 4 N–H and O–H groups in total. The first-order valence-corrected chi connectivity index (χ1v) is 15.1. The van der Waals surface area contributed by atoms with Crippen LogP contribution in [-0.4, -0.2) is 81.2 Å². The molecule has 242 valence electrons. The van der Waals surface area contributed by atoms with E-state index in [1.165, 1.54) is 17.7 Å². The largest absolute Gasteiger partial charge is 0.494 e. The van der Waals surface area contributed by atoms with Gasteiger partial charge in [-0.1, -0.05) is 29.3 Å². The molecule has 4 aromatic rings. The van der Waals surface area contributed by atoms with E-state index >= 15 is 0 Å². The van der Waals surface area contributed by atoms with E-state index in [4.69, 9.17) is 43.4 Å². The van der Waals surface area contributed by atoms with E-state index < -0.39 is 17.5 Å². The highest BCUT2D eigenvalue weighted by Crippen LogP contribution is 2.35. The first kappa shape index (κ1) is 32.6. The van der Waals surface area contributed by atoms with Gasteiger partial charge in [0.2, 0.25) is 0 Å². The molecular formula is C31H33Cl2N7O6. The first-order valence-electron chi connectivity index (χ1n) is 14.3. The number of nitrogens with zero attached hydrogens (tertiary/aromatic N) is 5. The number of carbonyl (C=O) groups excluding carboxylic acids is 2. The number of rotatable bonds is 8. The maximum absolute atomic E-state index is 12.8. The van der Waals surface area contributed by atoms with Crippen LogP contribution in [0.4, 0.5) is 22.0 Å². The number of benzene rings is 2. The maximum Gasteiger partial charge on any atom is 0.410 e. The summed E-state index contributed by atoms with van der Waals surface area (Å²) < 4.78 is 12.6. The van der Waals surface area contributed by atoms with Crippen molar-refractivity contribution in [2.24, 2.45) is 5.73 Å². The molecule has 2 amide bonds. The molecule has 1 fully saturated rings. The summed E-state index contributed by atoms with van der Waals surface area (Å²) in [7, 11) is 1.51. The van der Waals surface area contributed by atoms with Gasteiger partial charge in [0.15, 0.2) is 11.3 Å². The predicted octanol–water partition coefficient (Wildman–Crippen LogP) is 5.23. The van der Waals surface area contributed by atoms with Gasteiger partial charge in [-0.15, -0.1) is 0 Å². The third kappa shape index (κ3) is 6.90. The van der Waals surface area contributed by atoms with Crippen LogP contribution in [0.3, 0.4) is 0 Å². The maximum atomic E-state index is 12.8. The summed E-state index contributed by atoms with van der Waals surface area (Å²) in [5, 5.41) is 13.6. The fourth-order valence-electron chi connectivity index (χ4n) is 5.08. The number of carboxylic acids is 1. The van der Waals surface area contributed by atoms with Crippen LogP contribution in [0.15, 0.2) is 42.6 Å². The fraction of sp³-hybridized carbons (Fsp3) is 0.323. The number of amides is 2. The Morgan fingerprint density at radius 1 is 1.04 bits per heavy atom. The van der Waals surface area contributed by atoms with Gasteiger partial charge < -0.3 is 35.4 Å². The smallest absolute Gasteiger partial charge is 0.410 e. The highest BCUT2D eigenvalue weighted by Gasteiger charge is 2.27. The van der Waals surface area contributed by atoms with Gasteiger partial charge in [-0.25, -0.2) is 19.6 Å². The third-order valence-electron chi connectivity index (χ3n) is 7.28. The highest BCUT2D eigenvalue weighted by molar-refractivity contribution is 6.36. The number of imidazole rings is 1. The number of ether oxygens (including phenoxy) is 2. The summed E-state index contributed by atoms with van der Waals surface area (Å²) in [5.41, 5.74) is 6.67. The molecule has 46 heavy (non-hydrogen) atoms. The lowest BCUT2D eigenvalue weighted by Crippen LogP contribution is -2.50. The molecule has 0 radical (unpaired) electrons. The Balaban J connectivity index is 1.48. The number of aromatic nitrogens is 3. The predicted molar refractivity (Wildman–Crippen MR) is 174 cm³/mol. The number of aromatic carboxylic acids is 1. The SMILES string of the molecule is COc1cc(N2CCN(C(=O)OC(C)(C)C)CC2)ccc1Nc1nc(Cc2c(Cl)cccc2Cl)n2cc(C(=O)O)nc2c1C(N)=O. The van der Waals surface area contributed by atoms with Crippen LogP contribution in [0.5, 0.6) is 5.75 Å². The monoisotopic (exact) mass is 669 g/mol. The zero-order valence-electron chi connectivity index (χ0n) is 25.6. The van der Waals surface area contributed by atoms with Gasteiger partial charge in [0, 0.05) is 60.6 Å². The van der Waals surface area contributed by atoms with Crippen LogP contribution in [0.25, 0.3) is 5.65 Å². The number of halogens is 2. The van der Waals surface area contributed by atoms with Crippen molar-refractivity contribution in [1.29, 1.82) is 0 Å². The summed E-state index contributed by atoms with van der Waals surface area (Å²) in [6.45, 7) is 7.65. The lowest BCUT2D eigenvalue weighted by molar-refractivity contribution is 0.0240. The van der Waals surface area contributed by atoms with Crippen LogP contribution < -0.4 is 20.7 Å². The molecule has 0 saturated carbocycles. The van der Waals surface area contributed by atoms with Crippen LogP contribution in [-0.2, 0) is 11.2 Å². The number of carbonyl (C=O) groups is 3. The zero-order chi connectivity index (χ0) is 33.3. The summed E-state index contributed by atoms with van der Waals surface area (Å²) in [4.78, 5) is 49.8. The first-order chi connectivity index (χ1) is 21.8. The second-order valence-electron chi connectivity index (χ2n) is 11.6. The Labute approximate surface area is 274 Å². The van der Waals surface area contributed by atoms with Crippen molar-refractivity contribution < 1.29 is 29.0 Å². The Bertz CT molecular complexity index is 1810. The number of hydrogen-bond acceptors (Lipinski definition) is 9. The molecule has 0 bridgehead atoms. The quantitative estimate of drug-likeness (QED) is 0.226. The van der Waals surface area contributed by atoms with Crippen molar-refractivity contribution in [3.8, 4) is 5.75 Å². The minimum Gasteiger partial charge on any atom is -0.494 e. The standard InChI is InChI=1S/C31H33Cl2N7O6/c1-31(2,3)46-30(44)39-12-10-38(11-13-39)17-8-9-21(23(14-17)45-4)35-27-25(26(34)41)28-36-22(29(42)43)16-40(28)24(37-27)15-18-19(32)6-5-7-20(18)33/h5-9,14,16,35H,10-13,15H2,1-4H3,(H2,34,41)(H,42,43). The molecule has 1 aliphatic rings. The second kappa shape index (κ2) is 12.9. The molecule has 1 saturated heterocycles. The number of fused-ring (bicyclic) bond motifs is 1. The number of anilines is 3. The van der Waals surface area contributed by atoms with Crippen molar-refractivity contribution in [3.05, 3.63) is 75.3 Å². The van der Waals surface area contributed by atoms with E-state index in [1.807, 2.05) is 32.9 Å². The van der Waals surface area contributed by atoms with Gasteiger partial charge in [0.05, 0.1) is 12.8 Å². The molecular weight excluding hydrogens is 637 g/mol. The van der Waals surface area contributed by atoms with E-state index in [1.54, 1.807) is 29.2 Å². The third-order valence-corrected chi connectivity index (χ3v) is 7.99. The molecule has 15 heteroatoms. The Hall–Kier alpha value is -4.75. The minimum absolute atomic E-state index is 0.000906. The number of nitrogens with two attached hydrogens (primary N) is 1. The van der Waals surface area contributed by atoms with Crippen LogP contribution in [0.2, 0.25) is 10.0 Å². The van der Waals surface area contributed by atoms with Crippen LogP contribution in [0.1, 0.15) is 53.0 Å². The molecule has 0 atom stereocenters. The number of primary amides is 1. The molecule has 0 unspecified atom stereocenters. The van der Waals surface area contributed by atoms with Gasteiger partial charge >= 0.3 is 12.1 Å². The number of methoxy groups -OCH3 is 1. The number of hydrogen-bond donors (Lipinski definition) is 3. The number of carboxylic acid groups (broad SMARTS) is 1. The molecule has 3 heterocycles. The minimum atomic E-state index is -1.29. The van der Waals surface area contributed by atoms with Crippen molar-refractivity contribution in [2.75, 3.05) is 43.5 Å². The average molecular weight is 671 g/mol. The topological polar surface area (TPSA) is 165 Å². The van der Waals surface area contributed by atoms with Gasteiger partial charge in [-0.3, -0.25) is 9.20 Å². The molecule has 2 aromatic heterocycles. The van der Waals surface area contributed by atoms with Gasteiger partial charge in [0.1, 0.15) is 28.6 Å². The summed E-state index contributed by atoms with van der Waals surface area (Å²) in [5.74, 6) is -1.38. The van der Waals surface area contributed by atoms with E-state index in [0.29, 0.717) is 59.0 Å². The van der Waals surface area contributed by atoms with E-state index in [9.17, 15) is 19.5 Å². The summed E-state index contributed by atoms with van der Waals surface area (Å²) in [6.07, 6.45) is 1.01. The van der Waals surface area contributed by atoms with E-state index in [0.717, 1.165) is 5.69 Å². The van der Waals surface area contributed by atoms with E-state index in [2.05, 4.69) is 15.2 Å². The lowest BCUT2D eigenvalue weighted by atomic mass is 10.1. The van der Waals surface area contributed by atoms with Crippen molar-refractivity contribution >= 4 is 64.0 Å². The molecule has 2 aromatic carbocycles. The molecule has 13 nitrogen and oxygen atoms in total. The molecule has 5 rings (SSSR count). The summed E-state index contributed by atoms with van der Waals surface area (Å²) >= 11 is 12.9. The number of piperazine rings is 1. The fourth-order valence-corrected chi connectivity index (χ4v) is 5.61. The molecule has 0 spiro atoms. The van der Waals surface area contributed by atoms with Gasteiger partial charge in [-0.05, 0) is 50.6 Å². The van der Waals surface area contributed by atoms with E-state index in [-0.39, 0.29) is 35.2 Å². The van der Waals surface area contributed by atoms with Crippen molar-refractivity contribution in [3.63, 3.8) is 0 Å². The van der Waals surface area contributed by atoms with Crippen LogP contribution >= 0.6 is 23.2 Å². The Morgan fingerprint density at radius 3 is 2.30 bits per heavy atom. The number of nitrogens with one attached hydrogen (secondary N) is 1. The molecule has 0 aliphatic carbocycles. The van der Waals surface area contributed by atoms with Gasteiger partial charge in [0.25, 0.3) is 5.91 Å². The lowest BCUT2D eigenvalue weighted by Gasteiger charge is -2.37. The summed E-state index contributed by atoms with van der Waals surface area (Å²) in [6, 6.07) is 10.5. The zero-order valence-corrected chi connectivity index (χ0v) is 27.1. The van der Waals surface area contributed by atoms with Crippen molar-refractivity contribution in [1.82, 2.24) is 19.3 Å². The normalized spacial score (nSPS) is 13.5. The molecule has 1 aliphatic heterocycles. The Kier molecular flexibility index (Phi) is 9.17. The van der Waals surface area contributed by atoms with Crippen molar-refractivity contribution in [2.45, 2.75) is 32.8 Å². The highest BCUT2D eigenvalue weighted by atomic mass is 35.5.